The van der Waals surface area contributed by atoms with Crippen molar-refractivity contribution in [1.82, 2.24) is 15.0 Å². The van der Waals surface area contributed by atoms with Crippen LogP contribution in [0.25, 0.3) is 0 Å². The second-order valence-corrected chi connectivity index (χ2v) is 4.44. The molecule has 0 bridgehead atoms. The summed E-state index contributed by atoms with van der Waals surface area (Å²) in [5.74, 6) is -0.129. The summed E-state index contributed by atoms with van der Waals surface area (Å²) in [6, 6.07) is 4.48. The molecule has 0 aliphatic rings. The molecule has 2 N–H and O–H groups in total. The van der Waals surface area contributed by atoms with Crippen LogP contribution in [0.3, 0.4) is 0 Å². The third kappa shape index (κ3) is 3.53. The number of nitrogens with zero attached hydrogens (tertiary/aromatic N) is 3. The maximum Gasteiger partial charge on any atom is 0.330 e. The maximum absolute atomic E-state index is 13.4. The number of aromatic nitrogens is 3. The summed E-state index contributed by atoms with van der Waals surface area (Å²) in [4.78, 5) is 11.6. The van der Waals surface area contributed by atoms with Crippen LogP contribution in [-0.2, 0) is 0 Å². The van der Waals surface area contributed by atoms with Gasteiger partial charge in [0.15, 0.2) is 0 Å². The highest BCUT2D eigenvalue weighted by Gasteiger charge is 2.10. The summed E-state index contributed by atoms with van der Waals surface area (Å²) < 4.78 is 24.1. The van der Waals surface area contributed by atoms with Crippen molar-refractivity contribution >= 4 is 5.95 Å². The highest BCUT2D eigenvalue weighted by molar-refractivity contribution is 5.31. The molecular weight excluding hydrogens is 263 g/mol. The molecule has 0 aliphatic carbocycles. The lowest BCUT2D eigenvalue weighted by atomic mass is 10.2. The van der Waals surface area contributed by atoms with Crippen molar-refractivity contribution in [2.75, 3.05) is 5.73 Å². The van der Waals surface area contributed by atoms with Gasteiger partial charge in [0.1, 0.15) is 11.6 Å². The van der Waals surface area contributed by atoms with Crippen LogP contribution < -0.4 is 15.2 Å². The first kappa shape index (κ1) is 14.0. The number of nitrogens with two attached hydrogens (primary N) is 1. The van der Waals surface area contributed by atoms with Gasteiger partial charge in [-0.2, -0.15) is 9.97 Å². The van der Waals surface area contributed by atoms with Gasteiger partial charge >= 0.3 is 12.0 Å². The van der Waals surface area contributed by atoms with E-state index in [0.29, 0.717) is 5.56 Å². The summed E-state index contributed by atoms with van der Waals surface area (Å²) in [6.07, 6.45) is -0.110. The number of nitrogen functional groups attached to an aromatic ring is 1. The first-order valence-corrected chi connectivity index (χ1v) is 6.06. The zero-order chi connectivity index (χ0) is 14.7. The van der Waals surface area contributed by atoms with Crippen molar-refractivity contribution in [3.63, 3.8) is 0 Å². The quantitative estimate of drug-likeness (QED) is 0.925. The van der Waals surface area contributed by atoms with E-state index in [-0.39, 0.29) is 35.6 Å². The molecule has 2 aromatic rings. The Morgan fingerprint density at radius 3 is 2.50 bits per heavy atom. The monoisotopic (exact) mass is 278 g/mol. The molecule has 0 saturated carbocycles. The zero-order valence-corrected chi connectivity index (χ0v) is 11.4. The molecule has 0 radical (unpaired) electrons. The minimum Gasteiger partial charge on any atom is -0.461 e. The maximum atomic E-state index is 13.4. The van der Waals surface area contributed by atoms with Crippen molar-refractivity contribution in [3.8, 4) is 17.8 Å². The van der Waals surface area contributed by atoms with Crippen LogP contribution in [0.15, 0.2) is 18.2 Å². The van der Waals surface area contributed by atoms with E-state index in [0.717, 1.165) is 0 Å². The summed E-state index contributed by atoms with van der Waals surface area (Å²) in [5, 5.41) is 0. The number of hydrogen-bond acceptors (Lipinski definition) is 6. The molecule has 6 nitrogen and oxygen atoms in total. The summed E-state index contributed by atoms with van der Waals surface area (Å²) >= 11 is 0. The second kappa shape index (κ2) is 5.68. The molecular formula is C13H15FN4O2. The van der Waals surface area contributed by atoms with E-state index in [2.05, 4.69) is 15.0 Å². The van der Waals surface area contributed by atoms with Crippen LogP contribution in [0.5, 0.6) is 17.8 Å². The molecule has 0 amide bonds. The molecule has 1 heterocycles. The minimum absolute atomic E-state index is 0.0294. The SMILES string of the molecule is Cc1ccc(Oc2nc(N)nc(OC(C)C)n2)cc1F. The number of halogens is 1. The minimum atomic E-state index is -0.372. The first-order valence-electron chi connectivity index (χ1n) is 6.06. The van der Waals surface area contributed by atoms with E-state index in [4.69, 9.17) is 15.2 Å². The molecule has 0 unspecified atom stereocenters. The molecule has 2 rings (SSSR count). The highest BCUT2D eigenvalue weighted by atomic mass is 19.1. The fourth-order valence-electron chi connectivity index (χ4n) is 1.40. The van der Waals surface area contributed by atoms with Crippen molar-refractivity contribution < 1.29 is 13.9 Å². The van der Waals surface area contributed by atoms with E-state index in [1.807, 2.05) is 13.8 Å². The van der Waals surface area contributed by atoms with Crippen molar-refractivity contribution in [2.45, 2.75) is 26.9 Å². The third-order valence-corrected chi connectivity index (χ3v) is 2.31. The Bertz CT molecular complexity index is 619. The largest absolute Gasteiger partial charge is 0.461 e. The van der Waals surface area contributed by atoms with Gasteiger partial charge in [0.2, 0.25) is 5.95 Å². The van der Waals surface area contributed by atoms with Crippen LogP contribution in [0.1, 0.15) is 19.4 Å². The smallest absolute Gasteiger partial charge is 0.330 e. The van der Waals surface area contributed by atoms with Gasteiger partial charge in [-0.3, -0.25) is 0 Å². The molecule has 0 aliphatic heterocycles. The summed E-state index contributed by atoms with van der Waals surface area (Å²) in [5.41, 5.74) is 6.07. The lowest BCUT2D eigenvalue weighted by Crippen LogP contribution is -2.11. The topological polar surface area (TPSA) is 83.2 Å². The number of rotatable bonds is 4. The molecule has 0 atom stereocenters. The molecule has 7 heteroatoms. The van der Waals surface area contributed by atoms with Gasteiger partial charge in [-0.1, -0.05) is 6.07 Å². The van der Waals surface area contributed by atoms with Crippen LogP contribution in [-0.4, -0.2) is 21.1 Å². The van der Waals surface area contributed by atoms with Gasteiger partial charge in [0.05, 0.1) is 6.10 Å². The van der Waals surface area contributed by atoms with Gasteiger partial charge < -0.3 is 15.2 Å². The van der Waals surface area contributed by atoms with E-state index >= 15 is 0 Å². The Kier molecular flexibility index (Phi) is 3.97. The van der Waals surface area contributed by atoms with Crippen molar-refractivity contribution in [2.24, 2.45) is 0 Å². The van der Waals surface area contributed by atoms with Crippen LogP contribution in [0.2, 0.25) is 0 Å². The Labute approximate surface area is 115 Å². The van der Waals surface area contributed by atoms with E-state index in [1.54, 1.807) is 19.1 Å². The molecule has 1 aromatic carbocycles. The Morgan fingerprint density at radius 1 is 1.15 bits per heavy atom. The summed E-state index contributed by atoms with van der Waals surface area (Å²) in [7, 11) is 0. The fraction of sp³-hybridized carbons (Fsp3) is 0.308. The third-order valence-electron chi connectivity index (χ3n) is 2.31. The zero-order valence-electron chi connectivity index (χ0n) is 11.4. The Morgan fingerprint density at radius 2 is 1.85 bits per heavy atom. The Balaban J connectivity index is 2.24. The van der Waals surface area contributed by atoms with Crippen LogP contribution >= 0.6 is 0 Å². The number of ether oxygens (including phenoxy) is 2. The number of anilines is 1. The molecule has 0 saturated heterocycles. The Hall–Kier alpha value is -2.44. The number of benzene rings is 1. The normalized spacial score (nSPS) is 10.7. The second-order valence-electron chi connectivity index (χ2n) is 4.44. The molecule has 20 heavy (non-hydrogen) atoms. The van der Waals surface area contributed by atoms with Crippen molar-refractivity contribution in [3.05, 3.63) is 29.6 Å². The standard InChI is InChI=1S/C13H15FN4O2/c1-7(2)19-12-16-11(15)17-13(18-12)20-9-5-4-8(3)10(14)6-9/h4-7H,1-3H3,(H2,15,16,17,18). The fourth-order valence-corrected chi connectivity index (χ4v) is 1.40. The molecule has 1 aromatic heterocycles. The predicted octanol–water partition coefficient (Wildman–Crippen LogP) is 2.48. The van der Waals surface area contributed by atoms with Gasteiger partial charge in [0.25, 0.3) is 0 Å². The highest BCUT2D eigenvalue weighted by Crippen LogP contribution is 2.22. The molecule has 0 spiro atoms. The van der Waals surface area contributed by atoms with Crippen molar-refractivity contribution in [1.29, 1.82) is 0 Å². The average molecular weight is 278 g/mol. The first-order chi connectivity index (χ1) is 9.44. The van der Waals surface area contributed by atoms with E-state index < -0.39 is 0 Å². The van der Waals surface area contributed by atoms with Gasteiger partial charge in [-0.05, 0) is 32.4 Å². The number of hydrogen-bond donors (Lipinski definition) is 1. The predicted molar refractivity (Wildman–Crippen MR) is 71.2 cm³/mol. The lowest BCUT2D eigenvalue weighted by molar-refractivity contribution is 0.219. The lowest BCUT2D eigenvalue weighted by Gasteiger charge is -2.09. The molecule has 0 fully saturated rings. The van der Waals surface area contributed by atoms with Gasteiger partial charge in [-0.25, -0.2) is 4.39 Å². The van der Waals surface area contributed by atoms with E-state index in [1.165, 1.54) is 6.07 Å². The average Bonchev–Trinajstić information content (AvgIpc) is 2.32. The molecule has 106 valence electrons. The number of aryl methyl sites for hydroxylation is 1. The van der Waals surface area contributed by atoms with Crippen LogP contribution in [0.4, 0.5) is 10.3 Å². The van der Waals surface area contributed by atoms with E-state index in [9.17, 15) is 4.39 Å². The van der Waals surface area contributed by atoms with Gasteiger partial charge in [-0.15, -0.1) is 4.98 Å². The van der Waals surface area contributed by atoms with Crippen LogP contribution in [0, 0.1) is 12.7 Å². The van der Waals surface area contributed by atoms with Gasteiger partial charge in [0, 0.05) is 6.07 Å². The summed E-state index contributed by atoms with van der Waals surface area (Å²) in [6.45, 7) is 5.32.